The van der Waals surface area contributed by atoms with Gasteiger partial charge in [-0.25, -0.2) is 4.98 Å². The molecule has 0 saturated carbocycles. The minimum absolute atomic E-state index is 0.200. The van der Waals surface area contributed by atoms with Gasteiger partial charge in [0.15, 0.2) is 11.5 Å². The van der Waals surface area contributed by atoms with Gasteiger partial charge in [-0.05, 0) is 55.3 Å². The predicted molar refractivity (Wildman–Crippen MR) is 104 cm³/mol. The largest absolute Gasteiger partial charge is 0.454 e. The van der Waals surface area contributed by atoms with E-state index in [2.05, 4.69) is 33.8 Å². The molecule has 6 nitrogen and oxygen atoms in total. The van der Waals surface area contributed by atoms with E-state index in [4.69, 9.17) is 9.47 Å². The molecule has 2 N–H and O–H groups in total. The first-order valence-corrected chi connectivity index (χ1v) is 8.60. The Morgan fingerprint density at radius 1 is 1.00 bits per heavy atom. The summed E-state index contributed by atoms with van der Waals surface area (Å²) < 4.78 is 10.6. The van der Waals surface area contributed by atoms with Gasteiger partial charge >= 0.3 is 0 Å². The Hall–Kier alpha value is -3.54. The Morgan fingerprint density at radius 2 is 1.85 bits per heavy atom. The van der Waals surface area contributed by atoms with E-state index in [0.29, 0.717) is 28.6 Å². The number of hydrogen-bond acceptors (Lipinski definition) is 5. The normalized spacial score (nSPS) is 11.9. The van der Waals surface area contributed by atoms with Crippen molar-refractivity contribution in [3.63, 3.8) is 0 Å². The fourth-order valence-corrected chi connectivity index (χ4v) is 2.79. The van der Waals surface area contributed by atoms with Crippen LogP contribution in [0.2, 0.25) is 0 Å². The summed E-state index contributed by atoms with van der Waals surface area (Å²) in [5.41, 5.74) is 4.41. The molecule has 1 aliphatic rings. The van der Waals surface area contributed by atoms with Crippen LogP contribution in [0.3, 0.4) is 0 Å². The van der Waals surface area contributed by atoms with Crippen molar-refractivity contribution < 1.29 is 14.3 Å². The second kappa shape index (κ2) is 6.99. The van der Waals surface area contributed by atoms with Crippen LogP contribution < -0.4 is 20.1 Å². The molecule has 0 atom stereocenters. The van der Waals surface area contributed by atoms with Crippen molar-refractivity contribution in [3.05, 3.63) is 71.4 Å². The van der Waals surface area contributed by atoms with Crippen LogP contribution in [-0.2, 0) is 0 Å². The van der Waals surface area contributed by atoms with E-state index >= 15 is 0 Å². The van der Waals surface area contributed by atoms with Gasteiger partial charge in [-0.3, -0.25) is 4.79 Å². The molecule has 4 rings (SSSR count). The summed E-state index contributed by atoms with van der Waals surface area (Å²) >= 11 is 0. The average molecular weight is 361 g/mol. The number of pyridine rings is 1. The van der Waals surface area contributed by atoms with Crippen molar-refractivity contribution in [1.29, 1.82) is 0 Å². The van der Waals surface area contributed by atoms with Gasteiger partial charge in [-0.2, -0.15) is 0 Å². The van der Waals surface area contributed by atoms with E-state index in [-0.39, 0.29) is 12.7 Å². The molecule has 0 aliphatic carbocycles. The fourth-order valence-electron chi connectivity index (χ4n) is 2.79. The monoisotopic (exact) mass is 361 g/mol. The number of nitrogens with zero attached hydrogens (tertiary/aromatic N) is 1. The van der Waals surface area contributed by atoms with Crippen molar-refractivity contribution in [3.8, 4) is 11.5 Å². The Kier molecular flexibility index (Phi) is 4.38. The second-order valence-corrected chi connectivity index (χ2v) is 6.40. The van der Waals surface area contributed by atoms with Crippen LogP contribution in [0, 0.1) is 13.8 Å². The number of benzene rings is 2. The van der Waals surface area contributed by atoms with E-state index in [1.165, 1.54) is 5.56 Å². The Balaban J connectivity index is 1.45. The molecule has 1 amide bonds. The lowest BCUT2D eigenvalue weighted by molar-refractivity contribution is 0.102. The number of anilines is 3. The van der Waals surface area contributed by atoms with E-state index in [1.54, 1.807) is 36.5 Å². The molecule has 0 spiro atoms. The van der Waals surface area contributed by atoms with E-state index < -0.39 is 0 Å². The third-order valence-corrected chi connectivity index (χ3v) is 4.31. The molecule has 3 aromatic rings. The molecule has 0 radical (unpaired) electrons. The van der Waals surface area contributed by atoms with E-state index in [1.807, 2.05) is 13.8 Å². The molecular weight excluding hydrogens is 342 g/mol. The third kappa shape index (κ3) is 3.69. The van der Waals surface area contributed by atoms with Gasteiger partial charge in [-0.15, -0.1) is 0 Å². The molecule has 1 aliphatic heterocycles. The van der Waals surface area contributed by atoms with Gasteiger partial charge in [0, 0.05) is 23.6 Å². The first-order valence-electron chi connectivity index (χ1n) is 8.60. The minimum Gasteiger partial charge on any atom is -0.454 e. The number of carbonyl (C=O) groups excluding carboxylic acids is 1. The summed E-state index contributed by atoms with van der Waals surface area (Å²) in [6.45, 7) is 4.28. The first-order chi connectivity index (χ1) is 13.1. The number of aromatic nitrogens is 1. The maximum atomic E-state index is 12.4. The highest BCUT2D eigenvalue weighted by Crippen LogP contribution is 2.34. The van der Waals surface area contributed by atoms with Gasteiger partial charge in [-0.1, -0.05) is 12.1 Å². The van der Waals surface area contributed by atoms with Crippen molar-refractivity contribution >= 4 is 23.1 Å². The van der Waals surface area contributed by atoms with E-state index in [0.717, 1.165) is 11.3 Å². The number of carbonyl (C=O) groups is 1. The van der Waals surface area contributed by atoms with Gasteiger partial charge in [0.05, 0.1) is 5.56 Å². The number of nitrogens with one attached hydrogen (secondary N) is 2. The first kappa shape index (κ1) is 16.9. The highest BCUT2D eigenvalue weighted by molar-refractivity contribution is 6.04. The smallest absolute Gasteiger partial charge is 0.257 e. The van der Waals surface area contributed by atoms with Gasteiger partial charge in [0.25, 0.3) is 5.91 Å². The summed E-state index contributed by atoms with van der Waals surface area (Å²) in [5.74, 6) is 1.75. The zero-order chi connectivity index (χ0) is 18.8. The summed E-state index contributed by atoms with van der Waals surface area (Å²) in [6.07, 6.45) is 1.55. The molecule has 0 bridgehead atoms. The number of fused-ring (bicyclic) bond motifs is 1. The van der Waals surface area contributed by atoms with E-state index in [9.17, 15) is 4.79 Å². The summed E-state index contributed by atoms with van der Waals surface area (Å²) in [6, 6.07) is 15.0. The number of ether oxygens (including phenoxy) is 2. The van der Waals surface area contributed by atoms with Gasteiger partial charge < -0.3 is 20.1 Å². The lowest BCUT2D eigenvalue weighted by Gasteiger charge is -2.10. The van der Waals surface area contributed by atoms with Gasteiger partial charge in [0.2, 0.25) is 6.79 Å². The lowest BCUT2D eigenvalue weighted by atomic mass is 10.1. The fraction of sp³-hybridized carbons (Fsp3) is 0.143. The lowest BCUT2D eigenvalue weighted by Crippen LogP contribution is -2.12. The van der Waals surface area contributed by atoms with Crippen molar-refractivity contribution in [2.75, 3.05) is 17.4 Å². The highest BCUT2D eigenvalue weighted by Gasteiger charge is 2.15. The molecule has 27 heavy (non-hydrogen) atoms. The van der Waals surface area contributed by atoms with Crippen molar-refractivity contribution in [2.24, 2.45) is 0 Å². The SMILES string of the molecule is Cc1ccc(C)c(Nc2ccc(C(=O)Nc3ccc4c(c3)OCO4)cn2)c1. The third-order valence-electron chi connectivity index (χ3n) is 4.31. The highest BCUT2D eigenvalue weighted by atomic mass is 16.7. The Labute approximate surface area is 157 Å². The molecule has 136 valence electrons. The molecule has 2 heterocycles. The second-order valence-electron chi connectivity index (χ2n) is 6.40. The average Bonchev–Trinajstić information content (AvgIpc) is 3.13. The maximum absolute atomic E-state index is 12.4. The minimum atomic E-state index is -0.236. The van der Waals surface area contributed by atoms with Crippen LogP contribution >= 0.6 is 0 Å². The maximum Gasteiger partial charge on any atom is 0.257 e. The topological polar surface area (TPSA) is 72.5 Å². The van der Waals surface area contributed by atoms with Crippen LogP contribution in [0.15, 0.2) is 54.7 Å². The Morgan fingerprint density at radius 3 is 2.67 bits per heavy atom. The summed E-state index contributed by atoms with van der Waals surface area (Å²) in [5, 5.41) is 6.12. The summed E-state index contributed by atoms with van der Waals surface area (Å²) in [4.78, 5) is 16.8. The van der Waals surface area contributed by atoms with Crippen molar-refractivity contribution in [1.82, 2.24) is 4.98 Å². The quantitative estimate of drug-likeness (QED) is 0.719. The van der Waals surface area contributed by atoms with Crippen LogP contribution in [0.5, 0.6) is 11.5 Å². The zero-order valence-electron chi connectivity index (χ0n) is 15.1. The molecular formula is C21H19N3O3. The standard InChI is InChI=1S/C21H19N3O3/c1-13-3-4-14(2)17(9-13)24-20-8-5-15(11-22-20)21(25)23-16-6-7-18-19(10-16)27-12-26-18/h3-11H,12H2,1-2H3,(H,22,24)(H,23,25). The molecule has 1 aromatic heterocycles. The van der Waals surface area contributed by atoms with Crippen LogP contribution in [0.25, 0.3) is 0 Å². The van der Waals surface area contributed by atoms with Crippen LogP contribution in [0.4, 0.5) is 17.2 Å². The Bertz CT molecular complexity index is 1000. The summed E-state index contributed by atoms with van der Waals surface area (Å²) in [7, 11) is 0. The molecule has 6 heteroatoms. The predicted octanol–water partition coefficient (Wildman–Crippen LogP) is 4.42. The zero-order valence-corrected chi connectivity index (χ0v) is 15.1. The molecule has 2 aromatic carbocycles. The number of rotatable bonds is 4. The number of hydrogen-bond donors (Lipinski definition) is 2. The molecule has 0 fully saturated rings. The molecule has 0 saturated heterocycles. The van der Waals surface area contributed by atoms with Crippen LogP contribution in [-0.4, -0.2) is 17.7 Å². The number of aryl methyl sites for hydroxylation is 2. The van der Waals surface area contributed by atoms with Gasteiger partial charge in [0.1, 0.15) is 5.82 Å². The molecule has 0 unspecified atom stereocenters. The number of amides is 1. The van der Waals surface area contributed by atoms with Crippen LogP contribution in [0.1, 0.15) is 21.5 Å². The van der Waals surface area contributed by atoms with Crippen molar-refractivity contribution in [2.45, 2.75) is 13.8 Å².